The predicted molar refractivity (Wildman–Crippen MR) is 71.9 cm³/mol. The van der Waals surface area contributed by atoms with Crippen molar-refractivity contribution >= 4 is 0 Å². The van der Waals surface area contributed by atoms with Gasteiger partial charge in [0.15, 0.2) is 11.6 Å². The highest BCUT2D eigenvalue weighted by atomic mass is 19.2. The van der Waals surface area contributed by atoms with Gasteiger partial charge in [0.1, 0.15) is 0 Å². The van der Waals surface area contributed by atoms with Gasteiger partial charge in [-0.1, -0.05) is 26.3 Å². The maximum absolute atomic E-state index is 13.2. The maximum atomic E-state index is 13.2. The van der Waals surface area contributed by atoms with E-state index in [2.05, 4.69) is 13.8 Å². The molecule has 3 heteroatoms. The van der Waals surface area contributed by atoms with Crippen LogP contribution in [0.2, 0.25) is 0 Å². The molecule has 1 aliphatic heterocycles. The van der Waals surface area contributed by atoms with Gasteiger partial charge in [-0.15, -0.1) is 0 Å². The molecule has 0 aliphatic carbocycles. The topological polar surface area (TPSA) is 9.23 Å². The fourth-order valence-corrected chi connectivity index (χ4v) is 2.55. The van der Waals surface area contributed by atoms with Crippen LogP contribution in [0, 0.1) is 17.6 Å². The molecule has 1 unspecified atom stereocenters. The SMILES string of the molecule is CCC(C)CC[C@H]1CC[C@@H](c2ccc(F)c(F)c2)O1. The van der Waals surface area contributed by atoms with Crippen molar-refractivity contribution in [2.24, 2.45) is 5.92 Å². The molecule has 1 heterocycles. The van der Waals surface area contributed by atoms with Crippen molar-refractivity contribution in [1.82, 2.24) is 0 Å². The lowest BCUT2D eigenvalue weighted by atomic mass is 9.99. The molecule has 0 radical (unpaired) electrons. The molecular formula is C16H22F2O. The summed E-state index contributed by atoms with van der Waals surface area (Å²) in [6.45, 7) is 4.45. The molecule has 0 amide bonds. The minimum Gasteiger partial charge on any atom is -0.370 e. The normalized spacial score (nSPS) is 24.6. The van der Waals surface area contributed by atoms with Gasteiger partial charge in [-0.3, -0.25) is 0 Å². The first-order valence-corrected chi connectivity index (χ1v) is 7.20. The standard InChI is InChI=1S/C16H22F2O/c1-3-11(2)4-6-13-7-9-16(19-13)12-5-8-14(17)15(18)10-12/h5,8,10-11,13,16H,3-4,6-7,9H2,1-2H3/t11?,13-,16-/m0/s1. The van der Waals surface area contributed by atoms with E-state index in [-0.39, 0.29) is 12.2 Å². The first-order valence-electron chi connectivity index (χ1n) is 7.20. The van der Waals surface area contributed by atoms with E-state index < -0.39 is 11.6 Å². The van der Waals surface area contributed by atoms with E-state index in [1.54, 1.807) is 6.07 Å². The highest BCUT2D eigenvalue weighted by Gasteiger charge is 2.27. The molecule has 1 saturated heterocycles. The molecule has 1 fully saturated rings. The minimum absolute atomic E-state index is 0.0722. The Morgan fingerprint density at radius 3 is 2.74 bits per heavy atom. The van der Waals surface area contributed by atoms with Crippen molar-refractivity contribution in [3.05, 3.63) is 35.4 Å². The van der Waals surface area contributed by atoms with Crippen LogP contribution in [-0.2, 0) is 4.74 Å². The van der Waals surface area contributed by atoms with Gasteiger partial charge >= 0.3 is 0 Å². The van der Waals surface area contributed by atoms with Crippen LogP contribution in [0.25, 0.3) is 0 Å². The number of rotatable bonds is 5. The molecule has 3 atom stereocenters. The van der Waals surface area contributed by atoms with Gasteiger partial charge in [-0.25, -0.2) is 8.78 Å². The fraction of sp³-hybridized carbons (Fsp3) is 0.625. The molecule has 1 nitrogen and oxygen atoms in total. The van der Waals surface area contributed by atoms with Crippen molar-refractivity contribution in [1.29, 1.82) is 0 Å². The summed E-state index contributed by atoms with van der Waals surface area (Å²) in [4.78, 5) is 0. The van der Waals surface area contributed by atoms with Crippen LogP contribution >= 0.6 is 0 Å². The first-order chi connectivity index (χ1) is 9.10. The Hall–Kier alpha value is -0.960. The Labute approximate surface area is 114 Å². The lowest BCUT2D eigenvalue weighted by Crippen LogP contribution is -2.08. The molecule has 0 N–H and O–H groups in total. The molecule has 2 rings (SSSR count). The van der Waals surface area contributed by atoms with Gasteiger partial charge in [0, 0.05) is 0 Å². The summed E-state index contributed by atoms with van der Waals surface area (Å²) in [7, 11) is 0. The summed E-state index contributed by atoms with van der Waals surface area (Å²) < 4.78 is 32.0. The molecule has 1 aliphatic rings. The third kappa shape index (κ3) is 3.75. The zero-order chi connectivity index (χ0) is 13.8. The molecular weight excluding hydrogens is 246 g/mol. The predicted octanol–water partition coefficient (Wildman–Crippen LogP) is 5.01. The van der Waals surface area contributed by atoms with Gasteiger partial charge in [-0.05, 0) is 49.3 Å². The largest absolute Gasteiger partial charge is 0.370 e. The van der Waals surface area contributed by atoms with Gasteiger partial charge in [0.2, 0.25) is 0 Å². The summed E-state index contributed by atoms with van der Waals surface area (Å²) in [5.41, 5.74) is 0.755. The molecule has 106 valence electrons. The first kappa shape index (κ1) is 14.4. The second-order valence-corrected chi connectivity index (χ2v) is 5.59. The highest BCUT2D eigenvalue weighted by molar-refractivity contribution is 5.20. The second kappa shape index (κ2) is 6.47. The number of halogens is 2. The molecule has 0 bridgehead atoms. The zero-order valence-electron chi connectivity index (χ0n) is 11.7. The summed E-state index contributed by atoms with van der Waals surface area (Å²) >= 11 is 0. The van der Waals surface area contributed by atoms with Crippen molar-refractivity contribution in [3.63, 3.8) is 0 Å². The Bertz CT molecular complexity index is 419. The highest BCUT2D eigenvalue weighted by Crippen LogP contribution is 2.35. The fourth-order valence-electron chi connectivity index (χ4n) is 2.55. The molecule has 0 spiro atoms. The van der Waals surface area contributed by atoms with Gasteiger partial charge in [0.25, 0.3) is 0 Å². The van der Waals surface area contributed by atoms with E-state index >= 15 is 0 Å². The van der Waals surface area contributed by atoms with E-state index in [4.69, 9.17) is 4.74 Å². The maximum Gasteiger partial charge on any atom is 0.159 e. The van der Waals surface area contributed by atoms with Gasteiger partial charge in [-0.2, -0.15) is 0 Å². The van der Waals surface area contributed by atoms with Crippen LogP contribution in [0.3, 0.4) is 0 Å². The number of hydrogen-bond donors (Lipinski definition) is 0. The molecule has 19 heavy (non-hydrogen) atoms. The lowest BCUT2D eigenvalue weighted by Gasteiger charge is -2.16. The number of ether oxygens (including phenoxy) is 1. The van der Waals surface area contributed by atoms with Crippen LogP contribution in [0.15, 0.2) is 18.2 Å². The van der Waals surface area contributed by atoms with Crippen LogP contribution in [0.1, 0.15) is 57.6 Å². The van der Waals surface area contributed by atoms with Crippen LogP contribution in [0.5, 0.6) is 0 Å². The monoisotopic (exact) mass is 268 g/mol. The van der Waals surface area contributed by atoms with E-state index in [9.17, 15) is 8.78 Å². The van der Waals surface area contributed by atoms with Crippen molar-refractivity contribution in [2.75, 3.05) is 0 Å². The van der Waals surface area contributed by atoms with Gasteiger partial charge in [0.05, 0.1) is 12.2 Å². The Morgan fingerprint density at radius 1 is 1.26 bits per heavy atom. The van der Waals surface area contributed by atoms with Crippen molar-refractivity contribution in [2.45, 2.75) is 58.2 Å². The van der Waals surface area contributed by atoms with Crippen LogP contribution in [-0.4, -0.2) is 6.10 Å². The van der Waals surface area contributed by atoms with Crippen molar-refractivity contribution < 1.29 is 13.5 Å². The van der Waals surface area contributed by atoms with E-state index in [1.807, 2.05) is 0 Å². The summed E-state index contributed by atoms with van der Waals surface area (Å²) in [6.07, 6.45) is 5.54. The van der Waals surface area contributed by atoms with Crippen LogP contribution in [0.4, 0.5) is 8.78 Å². The smallest absolute Gasteiger partial charge is 0.159 e. The minimum atomic E-state index is -0.796. The zero-order valence-corrected chi connectivity index (χ0v) is 11.7. The van der Waals surface area contributed by atoms with E-state index in [0.717, 1.165) is 30.7 Å². The molecule has 0 aromatic heterocycles. The Morgan fingerprint density at radius 2 is 2.05 bits per heavy atom. The molecule has 0 saturated carbocycles. The lowest BCUT2D eigenvalue weighted by molar-refractivity contribution is 0.0364. The van der Waals surface area contributed by atoms with Gasteiger partial charge < -0.3 is 4.74 Å². The summed E-state index contributed by atoms with van der Waals surface area (Å²) in [6, 6.07) is 4.07. The summed E-state index contributed by atoms with van der Waals surface area (Å²) in [5.74, 6) is -0.856. The average Bonchev–Trinajstić information content (AvgIpc) is 2.88. The van der Waals surface area contributed by atoms with Crippen molar-refractivity contribution in [3.8, 4) is 0 Å². The summed E-state index contributed by atoms with van der Waals surface area (Å²) in [5, 5.41) is 0. The van der Waals surface area contributed by atoms with E-state index in [0.29, 0.717) is 0 Å². The molecule has 1 aromatic rings. The Balaban J connectivity index is 1.89. The third-order valence-electron chi connectivity index (χ3n) is 4.10. The Kier molecular flexibility index (Phi) is 4.92. The van der Waals surface area contributed by atoms with E-state index in [1.165, 1.54) is 25.0 Å². The second-order valence-electron chi connectivity index (χ2n) is 5.59. The number of hydrogen-bond acceptors (Lipinski definition) is 1. The third-order valence-corrected chi connectivity index (χ3v) is 4.10. The average molecular weight is 268 g/mol. The quantitative estimate of drug-likeness (QED) is 0.729. The number of benzene rings is 1. The molecule has 1 aromatic carbocycles. The van der Waals surface area contributed by atoms with Crippen LogP contribution < -0.4 is 0 Å².